The summed E-state index contributed by atoms with van der Waals surface area (Å²) in [5, 5.41) is 17.3. The number of ether oxygens (including phenoxy) is 4. The number of hydrogen-bond donors (Lipinski definition) is 3. The van der Waals surface area contributed by atoms with Crippen LogP contribution in [0.2, 0.25) is 0 Å². The van der Waals surface area contributed by atoms with E-state index in [1.807, 2.05) is 44.2 Å². The lowest BCUT2D eigenvalue weighted by Gasteiger charge is -2.31. The predicted octanol–water partition coefficient (Wildman–Crippen LogP) is 4.29. The number of nitrogens with one attached hydrogen (secondary N) is 2. The SMILES string of the molecule is COc1ccc(/C=C2\C(=O)Nc3ccc(S(=O)(=O)N(CC(C)C)CC(O)C(Cc4ccccc4)NC(=O)OC4COC5OCCC45)cc32)cc1. The van der Waals surface area contributed by atoms with Crippen LogP contribution in [-0.4, -0.2) is 87.8 Å². The average molecular weight is 706 g/mol. The van der Waals surface area contributed by atoms with Crippen molar-refractivity contribution < 1.29 is 42.1 Å². The number of fused-ring (bicyclic) bond motifs is 2. The number of carbonyl (C=O) groups excluding carboxylic acids is 2. The third kappa shape index (κ3) is 8.03. The molecule has 2 amide bonds. The van der Waals surface area contributed by atoms with Crippen molar-refractivity contribution in [2.24, 2.45) is 11.8 Å². The minimum absolute atomic E-state index is 0.0252. The molecule has 0 spiro atoms. The van der Waals surface area contributed by atoms with Crippen LogP contribution >= 0.6 is 0 Å². The Morgan fingerprint density at radius 2 is 1.84 bits per heavy atom. The molecule has 0 aromatic heterocycles. The lowest BCUT2D eigenvalue weighted by atomic mass is 10.0. The molecule has 5 atom stereocenters. The maximum Gasteiger partial charge on any atom is 0.407 e. The first-order chi connectivity index (χ1) is 24.0. The Morgan fingerprint density at radius 1 is 1.08 bits per heavy atom. The van der Waals surface area contributed by atoms with Gasteiger partial charge in [0.15, 0.2) is 6.29 Å². The highest BCUT2D eigenvalue weighted by Gasteiger charge is 2.44. The molecule has 13 heteroatoms. The molecule has 266 valence electrons. The molecule has 50 heavy (non-hydrogen) atoms. The Balaban J connectivity index is 1.24. The maximum atomic E-state index is 14.3. The molecule has 6 rings (SSSR count). The highest BCUT2D eigenvalue weighted by atomic mass is 32.2. The number of alkyl carbamates (subject to hydrolysis) is 1. The molecule has 0 bridgehead atoms. The van der Waals surface area contributed by atoms with E-state index in [-0.39, 0.29) is 48.8 Å². The summed E-state index contributed by atoms with van der Waals surface area (Å²) in [5.74, 6) is 0.175. The zero-order chi connectivity index (χ0) is 35.4. The molecular formula is C37H43N3O9S. The van der Waals surface area contributed by atoms with Gasteiger partial charge in [0.1, 0.15) is 11.9 Å². The number of nitrogens with zero attached hydrogens (tertiary/aromatic N) is 1. The number of amides is 2. The first-order valence-electron chi connectivity index (χ1n) is 16.8. The Bertz CT molecular complexity index is 1820. The van der Waals surface area contributed by atoms with Crippen molar-refractivity contribution in [3.8, 4) is 5.75 Å². The third-order valence-electron chi connectivity index (χ3n) is 9.11. The van der Waals surface area contributed by atoms with Gasteiger partial charge in [-0.1, -0.05) is 56.3 Å². The molecule has 5 unspecified atom stereocenters. The van der Waals surface area contributed by atoms with Gasteiger partial charge in [-0.3, -0.25) is 4.79 Å². The average Bonchev–Trinajstić information content (AvgIpc) is 3.80. The van der Waals surface area contributed by atoms with Crippen LogP contribution < -0.4 is 15.4 Å². The molecule has 3 heterocycles. The largest absolute Gasteiger partial charge is 0.497 e. The second kappa shape index (κ2) is 15.3. The van der Waals surface area contributed by atoms with E-state index in [0.29, 0.717) is 35.6 Å². The van der Waals surface area contributed by atoms with Crippen LogP contribution in [-0.2, 0) is 35.4 Å². The molecule has 2 saturated heterocycles. The van der Waals surface area contributed by atoms with E-state index in [9.17, 15) is 23.1 Å². The van der Waals surface area contributed by atoms with Gasteiger partial charge >= 0.3 is 6.09 Å². The van der Waals surface area contributed by atoms with Crippen LogP contribution in [0.5, 0.6) is 5.75 Å². The fourth-order valence-electron chi connectivity index (χ4n) is 6.52. The van der Waals surface area contributed by atoms with E-state index in [0.717, 1.165) is 11.1 Å². The topological polar surface area (TPSA) is 153 Å². The molecule has 0 saturated carbocycles. The number of rotatable bonds is 13. The van der Waals surface area contributed by atoms with Crippen molar-refractivity contribution in [2.45, 2.75) is 56.1 Å². The molecule has 12 nitrogen and oxygen atoms in total. The molecular weight excluding hydrogens is 662 g/mol. The summed E-state index contributed by atoms with van der Waals surface area (Å²) in [6, 6.07) is 20.1. The first-order valence-corrected chi connectivity index (χ1v) is 18.2. The van der Waals surface area contributed by atoms with E-state index in [1.165, 1.54) is 16.4 Å². The Kier molecular flexibility index (Phi) is 10.9. The summed E-state index contributed by atoms with van der Waals surface area (Å²) in [6.07, 6.45) is -0.265. The number of sulfonamides is 1. The standard InChI is InChI=1S/C37H43N3O9S/c1-23(2)20-40(50(44,45)27-13-14-31-29(19-27)30(35(42)38-31)17-25-9-11-26(46-3)12-10-25)21-33(41)32(18-24-7-5-4-6-8-24)39-37(43)49-34-22-48-36-28(34)15-16-47-36/h4-14,17,19,23,28,32-34,36,41H,15-16,18,20-22H2,1-3H3,(H,38,42)(H,39,43)/b30-17-. The van der Waals surface area contributed by atoms with Gasteiger partial charge in [0.25, 0.3) is 5.91 Å². The highest BCUT2D eigenvalue weighted by Crippen LogP contribution is 2.36. The Morgan fingerprint density at radius 3 is 2.56 bits per heavy atom. The molecule has 2 fully saturated rings. The summed E-state index contributed by atoms with van der Waals surface area (Å²) in [4.78, 5) is 26.1. The lowest BCUT2D eigenvalue weighted by molar-refractivity contribution is -0.110. The number of aliphatic hydroxyl groups is 1. The highest BCUT2D eigenvalue weighted by molar-refractivity contribution is 7.89. The van der Waals surface area contributed by atoms with Gasteiger partial charge in [-0.05, 0) is 66.3 Å². The van der Waals surface area contributed by atoms with Gasteiger partial charge in [-0.15, -0.1) is 0 Å². The van der Waals surface area contributed by atoms with Crippen LogP contribution in [0.25, 0.3) is 11.6 Å². The van der Waals surface area contributed by atoms with Gasteiger partial charge in [0.05, 0.1) is 43.3 Å². The molecule has 3 N–H and O–H groups in total. The Hall–Kier alpha value is -4.27. The maximum absolute atomic E-state index is 14.3. The fourth-order valence-corrected chi connectivity index (χ4v) is 8.17. The van der Waals surface area contributed by atoms with Gasteiger partial charge in [0, 0.05) is 29.9 Å². The van der Waals surface area contributed by atoms with E-state index in [4.69, 9.17) is 18.9 Å². The zero-order valence-electron chi connectivity index (χ0n) is 28.3. The first kappa shape index (κ1) is 35.6. The molecule has 0 radical (unpaired) electrons. The summed E-state index contributed by atoms with van der Waals surface area (Å²) in [5.41, 5.74) is 2.86. The second-order valence-electron chi connectivity index (χ2n) is 13.2. The van der Waals surface area contributed by atoms with Gasteiger partial charge in [-0.25, -0.2) is 13.2 Å². The number of methoxy groups -OCH3 is 1. The normalized spacial score (nSPS) is 21.9. The van der Waals surface area contributed by atoms with E-state index in [2.05, 4.69) is 10.6 Å². The summed E-state index contributed by atoms with van der Waals surface area (Å²) >= 11 is 0. The van der Waals surface area contributed by atoms with Crippen molar-refractivity contribution in [1.29, 1.82) is 0 Å². The molecule has 3 aromatic carbocycles. The minimum Gasteiger partial charge on any atom is -0.497 e. The van der Waals surface area contributed by atoms with Crippen LogP contribution in [0.3, 0.4) is 0 Å². The summed E-state index contributed by atoms with van der Waals surface area (Å²) in [6.45, 7) is 4.32. The van der Waals surface area contributed by atoms with Gasteiger partial charge in [0.2, 0.25) is 10.0 Å². The van der Waals surface area contributed by atoms with Crippen molar-refractivity contribution in [3.05, 3.63) is 89.5 Å². The monoisotopic (exact) mass is 705 g/mol. The lowest BCUT2D eigenvalue weighted by Crippen LogP contribution is -2.51. The van der Waals surface area contributed by atoms with Gasteiger partial charge < -0.3 is 34.7 Å². The third-order valence-corrected chi connectivity index (χ3v) is 10.9. The molecule has 3 aliphatic rings. The van der Waals surface area contributed by atoms with Crippen LogP contribution in [0, 0.1) is 11.8 Å². The second-order valence-corrected chi connectivity index (χ2v) is 15.1. The number of aliphatic hydroxyl groups excluding tert-OH is 1. The fraction of sp³-hybridized carbons (Fsp3) is 0.405. The van der Waals surface area contributed by atoms with E-state index in [1.54, 1.807) is 43.5 Å². The number of carbonyl (C=O) groups is 2. The van der Waals surface area contributed by atoms with Crippen LogP contribution in [0.4, 0.5) is 10.5 Å². The van der Waals surface area contributed by atoms with Crippen molar-refractivity contribution in [3.63, 3.8) is 0 Å². The van der Waals surface area contributed by atoms with Crippen molar-refractivity contribution in [1.82, 2.24) is 9.62 Å². The molecule has 3 aromatic rings. The molecule has 0 aliphatic carbocycles. The van der Waals surface area contributed by atoms with Crippen molar-refractivity contribution >= 4 is 39.4 Å². The molecule has 3 aliphatic heterocycles. The van der Waals surface area contributed by atoms with Crippen molar-refractivity contribution in [2.75, 3.05) is 38.7 Å². The Labute approximate surface area is 292 Å². The quantitative estimate of drug-likeness (QED) is 0.221. The van der Waals surface area contributed by atoms with Crippen LogP contribution in [0.15, 0.2) is 77.7 Å². The van der Waals surface area contributed by atoms with E-state index < -0.39 is 40.7 Å². The smallest absolute Gasteiger partial charge is 0.407 e. The number of anilines is 1. The van der Waals surface area contributed by atoms with E-state index >= 15 is 0 Å². The summed E-state index contributed by atoms with van der Waals surface area (Å²) < 4.78 is 51.9. The minimum atomic E-state index is -4.18. The number of benzene rings is 3. The summed E-state index contributed by atoms with van der Waals surface area (Å²) in [7, 11) is -2.61. The predicted molar refractivity (Wildman–Crippen MR) is 187 cm³/mol. The van der Waals surface area contributed by atoms with Crippen LogP contribution in [0.1, 0.15) is 37.0 Å². The number of hydrogen-bond acceptors (Lipinski definition) is 9. The van der Waals surface area contributed by atoms with Gasteiger partial charge in [-0.2, -0.15) is 4.31 Å². The zero-order valence-corrected chi connectivity index (χ0v) is 29.1.